The first kappa shape index (κ1) is 19.3. The Morgan fingerprint density at radius 3 is 2.89 bits per heavy atom. The van der Waals surface area contributed by atoms with Crippen LogP contribution in [0.3, 0.4) is 0 Å². The van der Waals surface area contributed by atoms with Gasteiger partial charge in [-0.25, -0.2) is 0 Å². The SMILES string of the molecule is COc1ccccc1CN1C(=O)CCC1C(=O)Nc1nnc(CC(C)C)s1. The van der Waals surface area contributed by atoms with E-state index in [0.29, 0.717) is 36.2 Å². The molecule has 144 valence electrons. The lowest BCUT2D eigenvalue weighted by atomic mass is 10.1. The quantitative estimate of drug-likeness (QED) is 0.788. The van der Waals surface area contributed by atoms with E-state index in [1.165, 1.54) is 11.3 Å². The maximum Gasteiger partial charge on any atom is 0.249 e. The molecule has 1 N–H and O–H groups in total. The second kappa shape index (κ2) is 8.47. The van der Waals surface area contributed by atoms with Gasteiger partial charge in [-0.2, -0.15) is 0 Å². The Morgan fingerprint density at radius 1 is 1.37 bits per heavy atom. The Kier molecular flexibility index (Phi) is 6.05. The molecule has 2 heterocycles. The molecule has 1 aromatic carbocycles. The van der Waals surface area contributed by atoms with Gasteiger partial charge in [0.15, 0.2) is 0 Å². The van der Waals surface area contributed by atoms with Gasteiger partial charge in [-0.05, 0) is 18.4 Å². The van der Waals surface area contributed by atoms with Gasteiger partial charge >= 0.3 is 0 Å². The summed E-state index contributed by atoms with van der Waals surface area (Å²) in [5.74, 6) is 0.936. The Bertz CT molecular complexity index is 821. The van der Waals surface area contributed by atoms with Gasteiger partial charge in [-0.15, -0.1) is 10.2 Å². The summed E-state index contributed by atoms with van der Waals surface area (Å²) in [6, 6.07) is 7.01. The predicted molar refractivity (Wildman–Crippen MR) is 104 cm³/mol. The Hall–Kier alpha value is -2.48. The van der Waals surface area contributed by atoms with Crippen LogP contribution in [-0.4, -0.2) is 40.1 Å². The molecule has 1 fully saturated rings. The summed E-state index contributed by atoms with van der Waals surface area (Å²) in [4.78, 5) is 26.7. The van der Waals surface area contributed by atoms with Crippen molar-refractivity contribution in [3.05, 3.63) is 34.8 Å². The fourth-order valence-corrected chi connectivity index (χ4v) is 4.10. The fourth-order valence-electron chi connectivity index (χ4n) is 3.15. The minimum Gasteiger partial charge on any atom is -0.496 e. The number of rotatable bonds is 7. The third-order valence-electron chi connectivity index (χ3n) is 4.44. The number of carbonyl (C=O) groups excluding carboxylic acids is 2. The Morgan fingerprint density at radius 2 is 2.15 bits per heavy atom. The van der Waals surface area contributed by atoms with Crippen LogP contribution in [0.15, 0.2) is 24.3 Å². The van der Waals surface area contributed by atoms with Crippen molar-refractivity contribution in [2.75, 3.05) is 12.4 Å². The standard InChI is InChI=1S/C19H24N4O3S/c1-12(2)10-16-21-22-19(27-16)20-18(25)14-8-9-17(24)23(14)11-13-6-4-5-7-15(13)26-3/h4-7,12,14H,8-11H2,1-3H3,(H,20,22,25). The second-order valence-corrected chi connectivity index (χ2v) is 8.04. The van der Waals surface area contributed by atoms with Crippen LogP contribution >= 0.6 is 11.3 Å². The molecule has 2 amide bonds. The minimum absolute atomic E-state index is 0.0289. The number of hydrogen-bond acceptors (Lipinski definition) is 6. The summed E-state index contributed by atoms with van der Waals surface area (Å²) < 4.78 is 5.36. The molecule has 0 aliphatic carbocycles. The van der Waals surface area contributed by atoms with Crippen molar-refractivity contribution in [2.45, 2.75) is 45.7 Å². The monoisotopic (exact) mass is 388 g/mol. The van der Waals surface area contributed by atoms with E-state index in [2.05, 4.69) is 29.4 Å². The lowest BCUT2D eigenvalue weighted by molar-refractivity contribution is -0.133. The number of methoxy groups -OCH3 is 1. The summed E-state index contributed by atoms with van der Waals surface area (Å²) in [6.45, 7) is 4.56. The molecule has 3 rings (SSSR count). The first-order chi connectivity index (χ1) is 13.0. The van der Waals surface area contributed by atoms with Crippen LogP contribution < -0.4 is 10.1 Å². The lowest BCUT2D eigenvalue weighted by Gasteiger charge is -2.24. The first-order valence-corrected chi connectivity index (χ1v) is 9.84. The molecule has 1 unspecified atom stereocenters. The van der Waals surface area contributed by atoms with E-state index in [0.717, 1.165) is 17.0 Å². The van der Waals surface area contributed by atoms with Gasteiger partial charge in [-0.1, -0.05) is 43.4 Å². The van der Waals surface area contributed by atoms with E-state index in [1.54, 1.807) is 12.0 Å². The number of hydrogen-bond donors (Lipinski definition) is 1. The van der Waals surface area contributed by atoms with Gasteiger partial charge in [0, 0.05) is 18.4 Å². The molecule has 1 atom stereocenters. The highest BCUT2D eigenvalue weighted by atomic mass is 32.1. The number of ether oxygens (including phenoxy) is 1. The highest BCUT2D eigenvalue weighted by Crippen LogP contribution is 2.27. The van der Waals surface area contributed by atoms with Gasteiger partial charge < -0.3 is 9.64 Å². The number of likely N-dealkylation sites (tertiary alicyclic amines) is 1. The molecule has 0 bridgehead atoms. The Labute approximate surface area is 162 Å². The molecule has 1 aromatic heterocycles. The molecular weight excluding hydrogens is 364 g/mol. The summed E-state index contributed by atoms with van der Waals surface area (Å²) in [5, 5.41) is 12.4. The normalized spacial score (nSPS) is 16.8. The van der Waals surface area contributed by atoms with Crippen molar-refractivity contribution in [3.8, 4) is 5.75 Å². The molecule has 0 saturated carbocycles. The average molecular weight is 388 g/mol. The van der Waals surface area contributed by atoms with Crippen molar-refractivity contribution in [1.29, 1.82) is 0 Å². The highest BCUT2D eigenvalue weighted by Gasteiger charge is 2.36. The smallest absolute Gasteiger partial charge is 0.249 e. The average Bonchev–Trinajstić information content (AvgIpc) is 3.22. The van der Waals surface area contributed by atoms with E-state index in [4.69, 9.17) is 4.74 Å². The van der Waals surface area contributed by atoms with E-state index >= 15 is 0 Å². The van der Waals surface area contributed by atoms with Crippen LogP contribution in [0.25, 0.3) is 0 Å². The molecule has 1 aliphatic rings. The minimum atomic E-state index is -0.514. The van der Waals surface area contributed by atoms with Crippen LogP contribution in [0.5, 0.6) is 5.75 Å². The Balaban J connectivity index is 1.69. The van der Waals surface area contributed by atoms with Gasteiger partial charge in [0.25, 0.3) is 0 Å². The molecular formula is C19H24N4O3S. The topological polar surface area (TPSA) is 84.4 Å². The molecule has 27 heavy (non-hydrogen) atoms. The van der Waals surface area contributed by atoms with Crippen molar-refractivity contribution in [1.82, 2.24) is 15.1 Å². The van der Waals surface area contributed by atoms with Crippen LogP contribution in [0.1, 0.15) is 37.3 Å². The zero-order chi connectivity index (χ0) is 19.4. The zero-order valence-corrected chi connectivity index (χ0v) is 16.6. The summed E-state index contributed by atoms with van der Waals surface area (Å²) in [5.41, 5.74) is 0.878. The van der Waals surface area contributed by atoms with E-state index in [-0.39, 0.29) is 11.8 Å². The van der Waals surface area contributed by atoms with Gasteiger partial charge in [0.2, 0.25) is 16.9 Å². The van der Waals surface area contributed by atoms with Gasteiger partial charge in [0.1, 0.15) is 16.8 Å². The fraction of sp³-hybridized carbons (Fsp3) is 0.474. The highest BCUT2D eigenvalue weighted by molar-refractivity contribution is 7.15. The predicted octanol–water partition coefficient (Wildman–Crippen LogP) is 2.87. The number of para-hydroxylation sites is 1. The molecule has 1 saturated heterocycles. The molecule has 0 spiro atoms. The van der Waals surface area contributed by atoms with Gasteiger partial charge in [0.05, 0.1) is 13.7 Å². The third-order valence-corrected chi connectivity index (χ3v) is 5.30. The van der Waals surface area contributed by atoms with Gasteiger partial charge in [-0.3, -0.25) is 14.9 Å². The van der Waals surface area contributed by atoms with Crippen LogP contribution in [0.2, 0.25) is 0 Å². The molecule has 0 radical (unpaired) electrons. The second-order valence-electron chi connectivity index (χ2n) is 6.98. The van der Waals surface area contributed by atoms with E-state index < -0.39 is 6.04 Å². The van der Waals surface area contributed by atoms with Crippen LogP contribution in [-0.2, 0) is 22.6 Å². The largest absolute Gasteiger partial charge is 0.496 e. The molecule has 2 aromatic rings. The third kappa shape index (κ3) is 4.63. The van der Waals surface area contributed by atoms with E-state index in [9.17, 15) is 9.59 Å². The number of amides is 2. The zero-order valence-electron chi connectivity index (χ0n) is 15.8. The van der Waals surface area contributed by atoms with Crippen molar-refractivity contribution < 1.29 is 14.3 Å². The number of carbonyl (C=O) groups is 2. The lowest BCUT2D eigenvalue weighted by Crippen LogP contribution is -2.41. The van der Waals surface area contributed by atoms with Crippen molar-refractivity contribution >= 4 is 28.3 Å². The number of aromatic nitrogens is 2. The van der Waals surface area contributed by atoms with Crippen LogP contribution in [0, 0.1) is 5.92 Å². The van der Waals surface area contributed by atoms with Crippen molar-refractivity contribution in [3.63, 3.8) is 0 Å². The number of benzene rings is 1. The number of anilines is 1. The first-order valence-electron chi connectivity index (χ1n) is 9.02. The molecule has 1 aliphatic heterocycles. The molecule has 8 heteroatoms. The maximum atomic E-state index is 12.7. The maximum absolute atomic E-state index is 12.7. The molecule has 7 nitrogen and oxygen atoms in total. The van der Waals surface area contributed by atoms with Crippen LogP contribution in [0.4, 0.5) is 5.13 Å². The van der Waals surface area contributed by atoms with Crippen molar-refractivity contribution in [2.24, 2.45) is 5.92 Å². The number of nitrogens with one attached hydrogen (secondary N) is 1. The number of nitrogens with zero attached hydrogens (tertiary/aromatic N) is 3. The van der Waals surface area contributed by atoms with E-state index in [1.807, 2.05) is 24.3 Å². The summed E-state index contributed by atoms with van der Waals surface area (Å²) in [6.07, 6.45) is 1.69. The summed E-state index contributed by atoms with van der Waals surface area (Å²) in [7, 11) is 1.60. The summed E-state index contributed by atoms with van der Waals surface area (Å²) >= 11 is 1.38.